The lowest BCUT2D eigenvalue weighted by Crippen LogP contribution is -2.34. The van der Waals surface area contributed by atoms with Gasteiger partial charge in [-0.15, -0.1) is 0 Å². The van der Waals surface area contributed by atoms with Crippen molar-refractivity contribution in [3.8, 4) is 0 Å². The Morgan fingerprint density at radius 2 is 2.38 bits per heavy atom. The summed E-state index contributed by atoms with van der Waals surface area (Å²) in [7, 11) is 0. The van der Waals surface area contributed by atoms with Crippen LogP contribution in [0.1, 0.15) is 17.2 Å². The molecule has 0 saturated heterocycles. The van der Waals surface area contributed by atoms with Crippen LogP contribution in [-0.2, 0) is 6.42 Å². The number of nitrogens with two attached hydrogens (primary N) is 1. The third kappa shape index (κ3) is 1.77. The van der Waals surface area contributed by atoms with E-state index in [0.29, 0.717) is 12.6 Å². The molecule has 1 aliphatic rings. The molecule has 1 heterocycles. The van der Waals surface area contributed by atoms with Gasteiger partial charge in [0, 0.05) is 17.1 Å². The molecule has 3 N–H and O–H groups in total. The highest BCUT2D eigenvalue weighted by Gasteiger charge is 2.17. The van der Waals surface area contributed by atoms with Crippen LogP contribution in [-0.4, -0.2) is 13.1 Å². The topological polar surface area (TPSA) is 38.0 Å². The summed E-state index contributed by atoms with van der Waals surface area (Å²) in [5.41, 5.74) is 8.46. The molecule has 0 aliphatic carbocycles. The summed E-state index contributed by atoms with van der Waals surface area (Å²) in [6.45, 7) is 1.71. The Labute approximate surface area is 86.6 Å². The molecule has 0 saturated carbocycles. The molecule has 1 aromatic carbocycles. The molecule has 1 unspecified atom stereocenters. The van der Waals surface area contributed by atoms with Crippen molar-refractivity contribution < 1.29 is 0 Å². The molecule has 3 heteroatoms. The van der Waals surface area contributed by atoms with Crippen LogP contribution in [0.2, 0.25) is 0 Å². The van der Waals surface area contributed by atoms with Crippen molar-refractivity contribution >= 4 is 15.9 Å². The van der Waals surface area contributed by atoms with E-state index in [0.717, 1.165) is 17.4 Å². The highest BCUT2D eigenvalue weighted by molar-refractivity contribution is 9.10. The van der Waals surface area contributed by atoms with Crippen molar-refractivity contribution in [2.45, 2.75) is 12.5 Å². The number of benzene rings is 1. The summed E-state index contributed by atoms with van der Waals surface area (Å²) in [5, 5.41) is 3.40. The number of hydrogen-bond donors (Lipinski definition) is 2. The summed E-state index contributed by atoms with van der Waals surface area (Å²) in [4.78, 5) is 0. The fraction of sp³-hybridized carbons (Fsp3) is 0.400. The SMILES string of the molecule is NCC1NCCc2cc(Br)ccc21. The predicted octanol–water partition coefficient (Wildman–Crippen LogP) is 1.59. The average Bonchev–Trinajstić information content (AvgIpc) is 2.16. The third-order valence-electron chi connectivity index (χ3n) is 2.50. The molecule has 0 bridgehead atoms. The largest absolute Gasteiger partial charge is 0.329 e. The van der Waals surface area contributed by atoms with Gasteiger partial charge in [-0.1, -0.05) is 22.0 Å². The molecule has 0 fully saturated rings. The predicted molar refractivity (Wildman–Crippen MR) is 57.6 cm³/mol. The minimum Gasteiger partial charge on any atom is -0.329 e. The number of hydrogen-bond acceptors (Lipinski definition) is 2. The molecule has 70 valence electrons. The zero-order valence-corrected chi connectivity index (χ0v) is 8.97. The van der Waals surface area contributed by atoms with E-state index in [1.807, 2.05) is 0 Å². The minimum absolute atomic E-state index is 0.344. The van der Waals surface area contributed by atoms with Crippen molar-refractivity contribution in [3.63, 3.8) is 0 Å². The molecule has 0 amide bonds. The second kappa shape index (κ2) is 3.78. The highest BCUT2D eigenvalue weighted by atomic mass is 79.9. The first-order chi connectivity index (χ1) is 6.31. The molecule has 2 rings (SSSR count). The Hall–Kier alpha value is -0.380. The van der Waals surface area contributed by atoms with E-state index in [1.54, 1.807) is 0 Å². The number of halogens is 1. The van der Waals surface area contributed by atoms with Gasteiger partial charge < -0.3 is 11.1 Å². The van der Waals surface area contributed by atoms with Gasteiger partial charge in [0.2, 0.25) is 0 Å². The van der Waals surface area contributed by atoms with Crippen molar-refractivity contribution in [2.75, 3.05) is 13.1 Å². The maximum atomic E-state index is 5.68. The Bertz CT molecular complexity index is 312. The van der Waals surface area contributed by atoms with Crippen LogP contribution in [0.4, 0.5) is 0 Å². The zero-order chi connectivity index (χ0) is 9.26. The first-order valence-corrected chi connectivity index (χ1v) is 5.32. The molecule has 0 radical (unpaired) electrons. The van der Waals surface area contributed by atoms with E-state index >= 15 is 0 Å². The summed E-state index contributed by atoms with van der Waals surface area (Å²) >= 11 is 3.48. The van der Waals surface area contributed by atoms with E-state index in [1.165, 1.54) is 11.1 Å². The lowest BCUT2D eigenvalue weighted by atomic mass is 9.94. The van der Waals surface area contributed by atoms with Gasteiger partial charge in [-0.3, -0.25) is 0 Å². The summed E-state index contributed by atoms with van der Waals surface area (Å²) in [6.07, 6.45) is 1.10. The zero-order valence-electron chi connectivity index (χ0n) is 7.39. The number of nitrogens with one attached hydrogen (secondary N) is 1. The number of rotatable bonds is 1. The smallest absolute Gasteiger partial charge is 0.0447 e. The van der Waals surface area contributed by atoms with E-state index < -0.39 is 0 Å². The van der Waals surface area contributed by atoms with E-state index in [-0.39, 0.29) is 0 Å². The first kappa shape index (κ1) is 9.19. The fourth-order valence-electron chi connectivity index (χ4n) is 1.83. The Kier molecular flexibility index (Phi) is 2.67. The second-order valence-electron chi connectivity index (χ2n) is 3.34. The molecule has 2 nitrogen and oxygen atoms in total. The molecular formula is C10H13BrN2. The average molecular weight is 241 g/mol. The Balaban J connectivity index is 2.40. The summed E-state index contributed by atoms with van der Waals surface area (Å²) < 4.78 is 1.16. The monoisotopic (exact) mass is 240 g/mol. The second-order valence-corrected chi connectivity index (χ2v) is 4.25. The lowest BCUT2D eigenvalue weighted by Gasteiger charge is -2.25. The molecule has 13 heavy (non-hydrogen) atoms. The van der Waals surface area contributed by atoms with Crippen LogP contribution in [0.3, 0.4) is 0 Å². The Morgan fingerprint density at radius 3 is 3.15 bits per heavy atom. The quantitative estimate of drug-likeness (QED) is 0.783. The fourth-order valence-corrected chi connectivity index (χ4v) is 2.24. The van der Waals surface area contributed by atoms with E-state index in [4.69, 9.17) is 5.73 Å². The van der Waals surface area contributed by atoms with Gasteiger partial charge in [-0.25, -0.2) is 0 Å². The van der Waals surface area contributed by atoms with Crippen LogP contribution < -0.4 is 11.1 Å². The molecular weight excluding hydrogens is 228 g/mol. The van der Waals surface area contributed by atoms with Crippen LogP contribution in [0.15, 0.2) is 22.7 Å². The van der Waals surface area contributed by atoms with Crippen LogP contribution >= 0.6 is 15.9 Å². The molecule has 1 atom stereocenters. The van der Waals surface area contributed by atoms with Crippen LogP contribution in [0, 0.1) is 0 Å². The van der Waals surface area contributed by atoms with Gasteiger partial charge in [0.25, 0.3) is 0 Å². The lowest BCUT2D eigenvalue weighted by molar-refractivity contribution is 0.513. The van der Waals surface area contributed by atoms with Crippen molar-refractivity contribution in [1.29, 1.82) is 0 Å². The molecule has 0 aromatic heterocycles. The standard InChI is InChI=1S/C10H13BrN2/c11-8-1-2-9-7(5-8)3-4-13-10(9)6-12/h1-2,5,10,13H,3-4,6,12H2. The maximum Gasteiger partial charge on any atom is 0.0447 e. The normalized spacial score (nSPS) is 21.2. The highest BCUT2D eigenvalue weighted by Crippen LogP contribution is 2.25. The van der Waals surface area contributed by atoms with Gasteiger partial charge in [0.15, 0.2) is 0 Å². The molecule has 1 aliphatic heterocycles. The third-order valence-corrected chi connectivity index (χ3v) is 2.99. The van der Waals surface area contributed by atoms with Gasteiger partial charge in [0.1, 0.15) is 0 Å². The molecule has 0 spiro atoms. The van der Waals surface area contributed by atoms with Gasteiger partial charge in [0.05, 0.1) is 0 Å². The van der Waals surface area contributed by atoms with E-state index in [9.17, 15) is 0 Å². The van der Waals surface area contributed by atoms with Gasteiger partial charge in [-0.05, 0) is 36.2 Å². The van der Waals surface area contributed by atoms with Crippen molar-refractivity contribution in [1.82, 2.24) is 5.32 Å². The minimum atomic E-state index is 0.344. The first-order valence-electron chi connectivity index (χ1n) is 4.53. The Morgan fingerprint density at radius 1 is 1.54 bits per heavy atom. The van der Waals surface area contributed by atoms with Crippen LogP contribution in [0.5, 0.6) is 0 Å². The number of fused-ring (bicyclic) bond motifs is 1. The van der Waals surface area contributed by atoms with Crippen molar-refractivity contribution in [2.24, 2.45) is 5.73 Å². The van der Waals surface area contributed by atoms with Gasteiger partial charge >= 0.3 is 0 Å². The summed E-state index contributed by atoms with van der Waals surface area (Å²) in [5.74, 6) is 0. The maximum absolute atomic E-state index is 5.68. The molecule has 1 aromatic rings. The summed E-state index contributed by atoms with van der Waals surface area (Å²) in [6, 6.07) is 6.77. The van der Waals surface area contributed by atoms with Crippen LogP contribution in [0.25, 0.3) is 0 Å². The van der Waals surface area contributed by atoms with Crippen molar-refractivity contribution in [3.05, 3.63) is 33.8 Å². The van der Waals surface area contributed by atoms with Gasteiger partial charge in [-0.2, -0.15) is 0 Å². The van der Waals surface area contributed by atoms with E-state index in [2.05, 4.69) is 39.4 Å².